The molecule has 0 spiro atoms. The molecule has 4 rings (SSSR count). The summed E-state index contributed by atoms with van der Waals surface area (Å²) < 4.78 is 0.739. The van der Waals surface area contributed by atoms with Crippen molar-refractivity contribution in [1.29, 1.82) is 0 Å². The van der Waals surface area contributed by atoms with Gasteiger partial charge in [-0.25, -0.2) is 0 Å². The van der Waals surface area contributed by atoms with E-state index in [4.69, 9.17) is 0 Å². The van der Waals surface area contributed by atoms with Crippen molar-refractivity contribution in [2.24, 2.45) is 0 Å². The zero-order valence-corrected chi connectivity index (χ0v) is 16.0. The summed E-state index contributed by atoms with van der Waals surface area (Å²) in [5.74, 6) is -0.734. The maximum atomic E-state index is 12.4. The molecule has 1 aromatic carbocycles. The Morgan fingerprint density at radius 3 is 2.70 bits per heavy atom. The zero-order chi connectivity index (χ0) is 19.1. The second-order valence-corrected chi connectivity index (χ2v) is 7.57. The number of nitrogens with zero attached hydrogens (tertiary/aromatic N) is 2. The van der Waals surface area contributed by atoms with E-state index in [2.05, 4.69) is 26.1 Å². The monoisotopic (exact) mass is 432 g/mol. The average Bonchev–Trinajstić information content (AvgIpc) is 3.14. The fraction of sp³-hybridized carbons (Fsp3) is 0.333. The molecule has 0 saturated carbocycles. The number of amides is 3. The summed E-state index contributed by atoms with van der Waals surface area (Å²) >= 11 is 3.30. The third-order valence-corrected chi connectivity index (χ3v) is 5.50. The predicted molar refractivity (Wildman–Crippen MR) is 99.3 cm³/mol. The van der Waals surface area contributed by atoms with E-state index in [0.717, 1.165) is 10.2 Å². The van der Waals surface area contributed by atoms with Gasteiger partial charge in [0.2, 0.25) is 5.91 Å². The molecule has 2 aliphatic rings. The van der Waals surface area contributed by atoms with E-state index in [1.807, 2.05) is 0 Å². The number of H-pyrrole nitrogens is 2. The second-order valence-electron chi connectivity index (χ2n) is 6.66. The Kier molecular flexibility index (Phi) is 4.47. The predicted octanol–water partition coefficient (Wildman–Crippen LogP) is 1.43. The van der Waals surface area contributed by atoms with E-state index in [9.17, 15) is 19.2 Å². The highest BCUT2D eigenvalue weighted by Gasteiger charge is 2.35. The molecule has 0 saturated heterocycles. The highest BCUT2D eigenvalue weighted by atomic mass is 79.9. The minimum atomic E-state index is -0.329. The molecule has 1 aromatic heterocycles. The number of aromatic amines is 2. The van der Waals surface area contributed by atoms with Crippen LogP contribution in [-0.2, 0) is 17.8 Å². The number of carbonyl (C=O) groups excluding carboxylic acids is 3. The molecule has 9 heteroatoms. The molecule has 0 fully saturated rings. The number of hydrogen-bond acceptors (Lipinski definition) is 4. The van der Waals surface area contributed by atoms with Crippen LogP contribution < -0.4 is 5.56 Å². The average molecular weight is 433 g/mol. The van der Waals surface area contributed by atoms with Crippen molar-refractivity contribution < 1.29 is 14.4 Å². The van der Waals surface area contributed by atoms with Crippen LogP contribution in [0.3, 0.4) is 0 Å². The van der Waals surface area contributed by atoms with Crippen LogP contribution in [-0.4, -0.2) is 50.8 Å². The summed E-state index contributed by atoms with van der Waals surface area (Å²) in [6.45, 7) is 1.02. The Balaban J connectivity index is 1.35. The Labute approximate surface area is 162 Å². The van der Waals surface area contributed by atoms with Crippen LogP contribution in [0.25, 0.3) is 0 Å². The molecule has 3 heterocycles. The number of halogens is 1. The number of carbonyl (C=O) groups is 3. The highest BCUT2D eigenvalue weighted by molar-refractivity contribution is 9.10. The molecule has 8 nitrogen and oxygen atoms in total. The smallest absolute Gasteiger partial charge is 0.269 e. The number of nitrogens with one attached hydrogen (secondary N) is 2. The van der Waals surface area contributed by atoms with E-state index in [-0.39, 0.29) is 42.8 Å². The first-order chi connectivity index (χ1) is 13.0. The molecule has 0 bridgehead atoms. The van der Waals surface area contributed by atoms with Crippen molar-refractivity contribution in [3.8, 4) is 0 Å². The fourth-order valence-corrected chi connectivity index (χ4v) is 3.90. The Morgan fingerprint density at radius 1 is 1.11 bits per heavy atom. The van der Waals surface area contributed by atoms with Crippen molar-refractivity contribution >= 4 is 33.7 Å². The van der Waals surface area contributed by atoms with Crippen LogP contribution in [0.1, 0.15) is 44.8 Å². The molecule has 2 aliphatic heterocycles. The van der Waals surface area contributed by atoms with Crippen LogP contribution in [0.5, 0.6) is 0 Å². The second kappa shape index (κ2) is 6.80. The SMILES string of the molecule is O=C(CCCN1C(=O)c2ccc(Br)cc2C1=O)N1CCc2[nH][nH]c(=O)c2C1. The number of benzene rings is 1. The topological polar surface area (TPSA) is 106 Å². The molecule has 27 heavy (non-hydrogen) atoms. The van der Waals surface area contributed by atoms with Crippen LogP contribution >= 0.6 is 15.9 Å². The number of hydrogen-bond donors (Lipinski definition) is 2. The molecule has 3 amide bonds. The van der Waals surface area contributed by atoms with Crippen molar-refractivity contribution in [3.05, 3.63) is 55.4 Å². The molecular formula is C18H17BrN4O4. The molecule has 2 N–H and O–H groups in total. The minimum Gasteiger partial charge on any atom is -0.338 e. The lowest BCUT2D eigenvalue weighted by Gasteiger charge is -2.26. The summed E-state index contributed by atoms with van der Waals surface area (Å²) in [4.78, 5) is 51.8. The zero-order valence-electron chi connectivity index (χ0n) is 14.4. The number of aromatic nitrogens is 2. The van der Waals surface area contributed by atoms with Crippen molar-refractivity contribution in [3.63, 3.8) is 0 Å². The summed E-state index contributed by atoms with van der Waals surface area (Å²) in [6, 6.07) is 5.00. The van der Waals surface area contributed by atoms with Gasteiger partial charge in [0, 0.05) is 36.1 Å². The summed E-state index contributed by atoms with van der Waals surface area (Å²) in [6.07, 6.45) is 1.21. The normalized spacial score (nSPS) is 15.9. The number of rotatable bonds is 4. The van der Waals surface area contributed by atoms with Gasteiger partial charge >= 0.3 is 0 Å². The third kappa shape index (κ3) is 3.12. The van der Waals surface area contributed by atoms with Gasteiger partial charge in [0.15, 0.2) is 0 Å². The standard InChI is InChI=1S/C18H17BrN4O4/c19-10-3-4-11-12(8-10)18(27)23(17(11)26)6-1-2-15(24)22-7-5-14-13(9-22)16(25)21-20-14/h3-4,8H,1-2,5-7,9H2,(H2,20,21,25). The van der Waals surface area contributed by atoms with Crippen LogP contribution in [0.15, 0.2) is 27.5 Å². The first-order valence-corrected chi connectivity index (χ1v) is 9.47. The van der Waals surface area contributed by atoms with Crippen molar-refractivity contribution in [1.82, 2.24) is 20.0 Å². The summed E-state index contributed by atoms with van der Waals surface area (Å²) in [5.41, 5.74) is 2.03. The Hall–Kier alpha value is -2.68. The number of imide groups is 1. The fourth-order valence-electron chi connectivity index (χ4n) is 3.54. The van der Waals surface area contributed by atoms with Gasteiger partial charge < -0.3 is 10.00 Å². The first kappa shape index (κ1) is 17.7. The van der Waals surface area contributed by atoms with Crippen LogP contribution in [0, 0.1) is 0 Å². The van der Waals surface area contributed by atoms with Gasteiger partial charge in [-0.3, -0.25) is 29.2 Å². The lowest BCUT2D eigenvalue weighted by atomic mass is 10.1. The minimum absolute atomic E-state index is 0.0828. The van der Waals surface area contributed by atoms with E-state index < -0.39 is 0 Å². The molecule has 0 aliphatic carbocycles. The third-order valence-electron chi connectivity index (χ3n) is 5.00. The Morgan fingerprint density at radius 2 is 1.89 bits per heavy atom. The van der Waals surface area contributed by atoms with E-state index >= 15 is 0 Å². The van der Waals surface area contributed by atoms with Gasteiger partial charge in [0.1, 0.15) is 0 Å². The van der Waals surface area contributed by atoms with Crippen molar-refractivity contribution in [2.75, 3.05) is 13.1 Å². The Bertz CT molecular complexity index is 1010. The van der Waals surface area contributed by atoms with Gasteiger partial charge in [0.25, 0.3) is 17.4 Å². The molecule has 2 aromatic rings. The highest BCUT2D eigenvalue weighted by Crippen LogP contribution is 2.26. The maximum absolute atomic E-state index is 12.4. The molecular weight excluding hydrogens is 416 g/mol. The number of fused-ring (bicyclic) bond motifs is 2. The van der Waals surface area contributed by atoms with Gasteiger partial charge in [-0.05, 0) is 24.6 Å². The lowest BCUT2D eigenvalue weighted by Crippen LogP contribution is -2.38. The van der Waals surface area contributed by atoms with Gasteiger partial charge in [-0.2, -0.15) is 0 Å². The van der Waals surface area contributed by atoms with E-state index in [0.29, 0.717) is 36.1 Å². The van der Waals surface area contributed by atoms with Crippen molar-refractivity contribution in [2.45, 2.75) is 25.8 Å². The van der Waals surface area contributed by atoms with E-state index in [1.54, 1.807) is 23.1 Å². The van der Waals surface area contributed by atoms with Gasteiger partial charge in [0.05, 0.1) is 23.2 Å². The molecule has 0 unspecified atom stereocenters. The van der Waals surface area contributed by atoms with Crippen LogP contribution in [0.4, 0.5) is 0 Å². The lowest BCUT2D eigenvalue weighted by molar-refractivity contribution is -0.132. The first-order valence-electron chi connectivity index (χ1n) is 8.67. The maximum Gasteiger partial charge on any atom is 0.269 e. The van der Waals surface area contributed by atoms with Crippen LogP contribution in [0.2, 0.25) is 0 Å². The quantitative estimate of drug-likeness (QED) is 0.712. The van der Waals surface area contributed by atoms with E-state index in [1.165, 1.54) is 4.90 Å². The molecule has 140 valence electrons. The molecule has 0 radical (unpaired) electrons. The van der Waals surface area contributed by atoms with Gasteiger partial charge in [-0.1, -0.05) is 15.9 Å². The molecule has 0 atom stereocenters. The van der Waals surface area contributed by atoms with Gasteiger partial charge in [-0.15, -0.1) is 0 Å². The largest absolute Gasteiger partial charge is 0.338 e. The summed E-state index contributed by atoms with van der Waals surface area (Å²) in [5, 5.41) is 5.37. The summed E-state index contributed by atoms with van der Waals surface area (Å²) in [7, 11) is 0.